The Labute approximate surface area is 198 Å². The van der Waals surface area contributed by atoms with Crippen LogP contribution in [0, 0.1) is 11.8 Å². The number of para-hydroxylation sites is 1. The number of nitrogens with zero attached hydrogens (tertiary/aromatic N) is 3. The van der Waals surface area contributed by atoms with Crippen molar-refractivity contribution in [2.24, 2.45) is 11.8 Å². The first-order valence-electron chi connectivity index (χ1n) is 11.9. The standard InChI is InChI=1S/C27H30N4O3/c1-18-11-19(2)14-30(13-18)15-21-9-7-20(8-10-21)12-28-24(32)16-31-17-29-25-22-5-3-4-6-23(22)34-26(25)27(31)33/h3-10,17-19H,11-16H2,1-2H3,(H,28,32). The predicted molar refractivity (Wildman–Crippen MR) is 132 cm³/mol. The highest BCUT2D eigenvalue weighted by Gasteiger charge is 2.21. The summed E-state index contributed by atoms with van der Waals surface area (Å²) < 4.78 is 6.96. The van der Waals surface area contributed by atoms with Crippen molar-refractivity contribution < 1.29 is 9.21 Å². The molecule has 1 N–H and O–H groups in total. The van der Waals surface area contributed by atoms with Crippen molar-refractivity contribution in [3.63, 3.8) is 0 Å². The molecule has 0 radical (unpaired) electrons. The van der Waals surface area contributed by atoms with Crippen LogP contribution in [-0.4, -0.2) is 33.4 Å². The highest BCUT2D eigenvalue weighted by Crippen LogP contribution is 2.24. The van der Waals surface area contributed by atoms with Crippen molar-refractivity contribution in [3.05, 3.63) is 76.3 Å². The van der Waals surface area contributed by atoms with Crippen molar-refractivity contribution in [1.29, 1.82) is 0 Å². The minimum absolute atomic E-state index is 0.109. The summed E-state index contributed by atoms with van der Waals surface area (Å²) in [4.78, 5) is 32.2. The molecule has 4 aromatic rings. The SMILES string of the molecule is CC1CC(C)CN(Cc2ccc(CNC(=O)Cn3cnc4c(oc5ccccc54)c3=O)cc2)C1. The van der Waals surface area contributed by atoms with Crippen molar-refractivity contribution >= 4 is 28.0 Å². The van der Waals surface area contributed by atoms with Crippen LogP contribution in [0.25, 0.3) is 22.1 Å². The number of hydrogen-bond acceptors (Lipinski definition) is 5. The molecule has 34 heavy (non-hydrogen) atoms. The Bertz CT molecular complexity index is 1360. The molecular weight excluding hydrogens is 428 g/mol. The summed E-state index contributed by atoms with van der Waals surface area (Å²) in [7, 11) is 0. The zero-order valence-electron chi connectivity index (χ0n) is 19.7. The van der Waals surface area contributed by atoms with Gasteiger partial charge in [0.25, 0.3) is 5.56 Å². The van der Waals surface area contributed by atoms with E-state index in [0.29, 0.717) is 17.6 Å². The fraction of sp³-hybridized carbons (Fsp3) is 0.370. The van der Waals surface area contributed by atoms with Crippen LogP contribution in [0.4, 0.5) is 0 Å². The van der Waals surface area contributed by atoms with Gasteiger partial charge in [-0.2, -0.15) is 0 Å². The molecule has 1 amide bonds. The topological polar surface area (TPSA) is 80.4 Å². The fourth-order valence-electron chi connectivity index (χ4n) is 5.08. The molecule has 1 saturated heterocycles. The van der Waals surface area contributed by atoms with Crippen LogP contribution in [0.3, 0.4) is 0 Å². The van der Waals surface area contributed by atoms with E-state index in [-0.39, 0.29) is 23.6 Å². The molecule has 1 aliphatic heterocycles. The molecule has 176 valence electrons. The highest BCUT2D eigenvalue weighted by atomic mass is 16.3. The Morgan fingerprint density at radius 3 is 2.53 bits per heavy atom. The second-order valence-electron chi connectivity index (χ2n) is 9.69. The first kappa shape index (κ1) is 22.3. The van der Waals surface area contributed by atoms with Crippen molar-refractivity contribution in [2.75, 3.05) is 13.1 Å². The molecule has 7 nitrogen and oxygen atoms in total. The molecule has 7 heteroatoms. The molecule has 5 rings (SSSR count). The van der Waals surface area contributed by atoms with E-state index < -0.39 is 0 Å². The molecule has 2 unspecified atom stereocenters. The fourth-order valence-corrected chi connectivity index (χ4v) is 5.08. The highest BCUT2D eigenvalue weighted by molar-refractivity contribution is 6.01. The van der Waals surface area contributed by atoms with Crippen LogP contribution in [0.1, 0.15) is 31.4 Å². The Morgan fingerprint density at radius 2 is 1.76 bits per heavy atom. The number of piperidine rings is 1. The number of carbonyl (C=O) groups is 1. The van der Waals surface area contributed by atoms with Crippen molar-refractivity contribution in [3.8, 4) is 0 Å². The summed E-state index contributed by atoms with van der Waals surface area (Å²) in [6.45, 7) is 8.21. The van der Waals surface area contributed by atoms with E-state index in [2.05, 4.69) is 53.3 Å². The Balaban J connectivity index is 1.18. The molecule has 1 aliphatic rings. The third kappa shape index (κ3) is 4.75. The lowest BCUT2D eigenvalue weighted by molar-refractivity contribution is -0.121. The normalized spacial score (nSPS) is 19.0. The van der Waals surface area contributed by atoms with Crippen LogP contribution in [0.2, 0.25) is 0 Å². The number of carbonyl (C=O) groups excluding carboxylic acids is 1. The number of benzene rings is 2. The summed E-state index contributed by atoms with van der Waals surface area (Å²) in [5.74, 6) is 1.24. The maximum Gasteiger partial charge on any atom is 0.297 e. The maximum atomic E-state index is 12.8. The quantitative estimate of drug-likeness (QED) is 0.473. The first-order chi connectivity index (χ1) is 16.5. The Kier molecular flexibility index (Phi) is 6.20. The lowest BCUT2D eigenvalue weighted by Crippen LogP contribution is -2.38. The number of amides is 1. The van der Waals surface area contributed by atoms with Gasteiger partial charge in [0.2, 0.25) is 11.5 Å². The minimum Gasteiger partial charge on any atom is -0.448 e. The van der Waals surface area contributed by atoms with Gasteiger partial charge in [0.1, 0.15) is 17.6 Å². The van der Waals surface area contributed by atoms with E-state index in [1.807, 2.05) is 18.2 Å². The number of rotatable bonds is 6. The summed E-state index contributed by atoms with van der Waals surface area (Å²) in [6.07, 6.45) is 2.72. The lowest BCUT2D eigenvalue weighted by atomic mass is 9.91. The Morgan fingerprint density at radius 1 is 1.06 bits per heavy atom. The van der Waals surface area contributed by atoms with Crippen LogP contribution in [0.5, 0.6) is 0 Å². The summed E-state index contributed by atoms with van der Waals surface area (Å²) in [5, 5.41) is 3.68. The van der Waals surface area contributed by atoms with Gasteiger partial charge in [-0.3, -0.25) is 19.1 Å². The van der Waals surface area contributed by atoms with Crippen LogP contribution in [-0.2, 0) is 24.4 Å². The number of nitrogens with one attached hydrogen (secondary N) is 1. The number of likely N-dealkylation sites (tertiary alicyclic amines) is 1. The lowest BCUT2D eigenvalue weighted by Gasteiger charge is -2.35. The summed E-state index contributed by atoms with van der Waals surface area (Å²) in [5.41, 5.74) is 3.25. The third-order valence-corrected chi connectivity index (χ3v) is 6.53. The smallest absolute Gasteiger partial charge is 0.297 e. The van der Waals surface area contributed by atoms with Crippen LogP contribution < -0.4 is 10.9 Å². The molecule has 0 bridgehead atoms. The zero-order chi connectivity index (χ0) is 23.7. The van der Waals surface area contributed by atoms with Gasteiger partial charge in [0, 0.05) is 31.6 Å². The van der Waals surface area contributed by atoms with E-state index in [0.717, 1.165) is 42.4 Å². The monoisotopic (exact) mass is 458 g/mol. The van der Waals surface area contributed by atoms with E-state index in [1.54, 1.807) is 6.07 Å². The number of aromatic nitrogens is 2. The van der Waals surface area contributed by atoms with Gasteiger partial charge in [-0.1, -0.05) is 50.2 Å². The molecule has 0 spiro atoms. The third-order valence-electron chi connectivity index (χ3n) is 6.53. The predicted octanol–water partition coefficient (Wildman–Crippen LogP) is 3.94. The van der Waals surface area contributed by atoms with Crippen molar-refractivity contribution in [2.45, 2.75) is 39.9 Å². The summed E-state index contributed by atoms with van der Waals surface area (Å²) in [6, 6.07) is 15.8. The van der Waals surface area contributed by atoms with Gasteiger partial charge in [0.05, 0.1) is 6.33 Å². The van der Waals surface area contributed by atoms with E-state index in [4.69, 9.17) is 4.42 Å². The summed E-state index contributed by atoms with van der Waals surface area (Å²) >= 11 is 0. The van der Waals surface area contributed by atoms with E-state index in [9.17, 15) is 9.59 Å². The van der Waals surface area contributed by atoms with Gasteiger partial charge >= 0.3 is 0 Å². The second kappa shape index (κ2) is 9.43. The Hall–Kier alpha value is -3.45. The molecule has 2 aromatic carbocycles. The molecule has 2 aromatic heterocycles. The molecule has 1 fully saturated rings. The average Bonchev–Trinajstić information content (AvgIpc) is 3.19. The first-order valence-corrected chi connectivity index (χ1v) is 11.9. The number of furan rings is 1. The molecule has 2 atom stereocenters. The van der Waals surface area contributed by atoms with Gasteiger partial charge < -0.3 is 9.73 Å². The van der Waals surface area contributed by atoms with Crippen LogP contribution in [0.15, 0.2) is 64.1 Å². The van der Waals surface area contributed by atoms with Gasteiger partial charge in [-0.25, -0.2) is 4.98 Å². The van der Waals surface area contributed by atoms with Crippen molar-refractivity contribution in [1.82, 2.24) is 19.8 Å². The zero-order valence-corrected chi connectivity index (χ0v) is 19.7. The maximum absolute atomic E-state index is 12.8. The number of hydrogen-bond donors (Lipinski definition) is 1. The second-order valence-corrected chi connectivity index (χ2v) is 9.69. The minimum atomic E-state index is -0.359. The molecule has 0 saturated carbocycles. The molecular formula is C27H30N4O3. The largest absolute Gasteiger partial charge is 0.448 e. The molecule has 0 aliphatic carbocycles. The van der Waals surface area contributed by atoms with Crippen LogP contribution >= 0.6 is 0 Å². The number of fused-ring (bicyclic) bond motifs is 3. The van der Waals surface area contributed by atoms with Gasteiger partial charge in [0.15, 0.2) is 0 Å². The molecule has 3 heterocycles. The van der Waals surface area contributed by atoms with E-state index in [1.165, 1.54) is 22.9 Å². The van der Waals surface area contributed by atoms with E-state index >= 15 is 0 Å². The average molecular weight is 459 g/mol. The van der Waals surface area contributed by atoms with Gasteiger partial charge in [-0.05, 0) is 41.5 Å². The van der Waals surface area contributed by atoms with Gasteiger partial charge in [-0.15, -0.1) is 0 Å².